The van der Waals surface area contributed by atoms with Gasteiger partial charge >= 0.3 is 6.18 Å². The van der Waals surface area contributed by atoms with Crippen LogP contribution in [0.1, 0.15) is 68.1 Å². The lowest BCUT2D eigenvalue weighted by molar-refractivity contribution is -0.142. The van der Waals surface area contributed by atoms with Crippen LogP contribution in [-0.2, 0) is 12.6 Å². The van der Waals surface area contributed by atoms with E-state index in [1.54, 1.807) is 0 Å². The molecule has 2 aromatic rings. The molecule has 1 fully saturated rings. The van der Waals surface area contributed by atoms with Gasteiger partial charge in [0.25, 0.3) is 0 Å². The molecule has 0 aromatic heterocycles. The summed E-state index contributed by atoms with van der Waals surface area (Å²) in [6.45, 7) is 1.99. The second-order valence-corrected chi connectivity index (χ2v) is 9.16. The smallest absolute Gasteiger partial charge is 0.206 e. The van der Waals surface area contributed by atoms with E-state index in [0.29, 0.717) is 41.5 Å². The fourth-order valence-corrected chi connectivity index (χ4v) is 5.70. The van der Waals surface area contributed by atoms with Gasteiger partial charge in [-0.3, -0.25) is 0 Å². The Morgan fingerprint density at radius 2 is 1.64 bits per heavy atom. The van der Waals surface area contributed by atoms with Crippen molar-refractivity contribution in [2.75, 3.05) is 0 Å². The molecule has 0 amide bonds. The van der Waals surface area contributed by atoms with Gasteiger partial charge in [0, 0.05) is 0 Å². The number of hydrogen-bond donors (Lipinski definition) is 0. The predicted molar refractivity (Wildman–Crippen MR) is 113 cm³/mol. The molecule has 0 aliphatic heterocycles. The zero-order valence-electron chi connectivity index (χ0n) is 18.2. The van der Waals surface area contributed by atoms with E-state index in [1.165, 1.54) is 6.07 Å². The molecule has 1 saturated carbocycles. The van der Waals surface area contributed by atoms with Gasteiger partial charge in [0.1, 0.15) is 28.8 Å². The molecule has 0 radical (unpaired) electrons. The molecule has 2 aliphatic carbocycles. The maximum absolute atomic E-state index is 15.4. The summed E-state index contributed by atoms with van der Waals surface area (Å²) in [5.74, 6) is -4.82. The summed E-state index contributed by atoms with van der Waals surface area (Å²) in [5.41, 5.74) is -2.44. The summed E-state index contributed by atoms with van der Waals surface area (Å²) in [4.78, 5) is 0. The number of rotatable bonds is 4. The Morgan fingerprint density at radius 1 is 0.939 bits per heavy atom. The van der Waals surface area contributed by atoms with Crippen molar-refractivity contribution in [1.29, 1.82) is 0 Å². The highest BCUT2D eigenvalue weighted by Gasteiger charge is 2.40. The monoisotopic (exact) mass is 470 g/mol. The molecule has 33 heavy (non-hydrogen) atoms. The van der Waals surface area contributed by atoms with E-state index in [4.69, 9.17) is 0 Å². The van der Waals surface area contributed by atoms with Crippen molar-refractivity contribution in [3.63, 3.8) is 0 Å². The Hall–Kier alpha value is -2.31. The standard InChI is InChI=1S/C26H25F7/c1-2-3-4-5-14-6-8-17-15(10-14)7-9-18-19(17)13-20(27)23(25(18)30)16-11-21(28)24(22(29)12-16)26(31,32)33/h2-3,11-15,17H,4-10H2,1H3. The molecule has 3 unspecified atom stereocenters. The molecule has 4 rings (SSSR count). The summed E-state index contributed by atoms with van der Waals surface area (Å²) >= 11 is 0. The molecule has 0 N–H and O–H groups in total. The van der Waals surface area contributed by atoms with Gasteiger partial charge in [-0.15, -0.1) is 0 Å². The van der Waals surface area contributed by atoms with E-state index in [2.05, 4.69) is 6.08 Å². The van der Waals surface area contributed by atoms with E-state index in [1.807, 2.05) is 13.0 Å². The van der Waals surface area contributed by atoms with Crippen LogP contribution in [0.4, 0.5) is 30.7 Å². The van der Waals surface area contributed by atoms with Gasteiger partial charge in [0.05, 0.1) is 5.56 Å². The number of fused-ring (bicyclic) bond motifs is 3. The largest absolute Gasteiger partial charge is 0.422 e. The first kappa shape index (κ1) is 23.8. The highest BCUT2D eigenvalue weighted by molar-refractivity contribution is 5.68. The first-order valence-corrected chi connectivity index (χ1v) is 11.3. The minimum atomic E-state index is -5.25. The van der Waals surface area contributed by atoms with Crippen LogP contribution < -0.4 is 0 Å². The second-order valence-electron chi connectivity index (χ2n) is 9.16. The molecule has 0 heterocycles. The molecule has 2 aliphatic rings. The SMILES string of the molecule is CC=CCCC1CCC2c3cc(F)c(-c4cc(F)c(C(F)(F)F)c(F)c4)c(F)c3CCC2C1. The fourth-order valence-electron chi connectivity index (χ4n) is 5.70. The first-order chi connectivity index (χ1) is 15.6. The van der Waals surface area contributed by atoms with Crippen molar-refractivity contribution in [1.82, 2.24) is 0 Å². The molecule has 0 bridgehead atoms. The average Bonchev–Trinajstić information content (AvgIpc) is 2.72. The summed E-state index contributed by atoms with van der Waals surface area (Å²) in [7, 11) is 0. The van der Waals surface area contributed by atoms with Crippen molar-refractivity contribution in [2.24, 2.45) is 11.8 Å². The Bertz CT molecular complexity index is 1040. The summed E-state index contributed by atoms with van der Waals surface area (Å²) < 4.78 is 97.2. The van der Waals surface area contributed by atoms with E-state index >= 15 is 8.78 Å². The van der Waals surface area contributed by atoms with Crippen LogP contribution >= 0.6 is 0 Å². The van der Waals surface area contributed by atoms with E-state index in [9.17, 15) is 22.0 Å². The zero-order valence-corrected chi connectivity index (χ0v) is 18.2. The third-order valence-electron chi connectivity index (χ3n) is 7.20. The highest BCUT2D eigenvalue weighted by Crippen LogP contribution is 2.50. The van der Waals surface area contributed by atoms with E-state index in [0.717, 1.165) is 38.5 Å². The molecule has 178 valence electrons. The van der Waals surface area contributed by atoms with Gasteiger partial charge < -0.3 is 0 Å². The fraction of sp³-hybridized carbons (Fsp3) is 0.462. The Morgan fingerprint density at radius 3 is 2.27 bits per heavy atom. The third-order valence-corrected chi connectivity index (χ3v) is 7.20. The maximum atomic E-state index is 15.4. The van der Waals surface area contributed by atoms with Gasteiger partial charge in [0.2, 0.25) is 0 Å². The molecule has 0 nitrogen and oxygen atoms in total. The quantitative estimate of drug-likeness (QED) is 0.310. The van der Waals surface area contributed by atoms with Crippen LogP contribution in [0.5, 0.6) is 0 Å². The van der Waals surface area contributed by atoms with Crippen LogP contribution in [0.15, 0.2) is 30.4 Å². The van der Waals surface area contributed by atoms with Crippen LogP contribution in [0, 0.1) is 35.1 Å². The molecule has 0 spiro atoms. The molecule has 7 heteroatoms. The number of alkyl halides is 3. The number of benzene rings is 2. The van der Waals surface area contributed by atoms with E-state index < -0.39 is 46.1 Å². The molecule has 3 atom stereocenters. The average molecular weight is 470 g/mol. The Kier molecular flexibility index (Phi) is 6.61. The summed E-state index contributed by atoms with van der Waals surface area (Å²) in [6.07, 6.45) is 4.91. The van der Waals surface area contributed by atoms with Gasteiger partial charge in [-0.1, -0.05) is 12.2 Å². The van der Waals surface area contributed by atoms with E-state index in [-0.39, 0.29) is 5.92 Å². The van der Waals surface area contributed by atoms with Crippen LogP contribution in [0.25, 0.3) is 11.1 Å². The number of allylic oxidation sites excluding steroid dienone is 2. The van der Waals surface area contributed by atoms with Crippen molar-refractivity contribution >= 4 is 0 Å². The minimum absolute atomic E-state index is 0.0193. The van der Waals surface area contributed by atoms with Crippen molar-refractivity contribution in [3.05, 3.63) is 70.3 Å². The third kappa shape index (κ3) is 4.56. The van der Waals surface area contributed by atoms with Crippen LogP contribution in [0.3, 0.4) is 0 Å². The van der Waals surface area contributed by atoms with Crippen molar-refractivity contribution < 1.29 is 30.7 Å². The number of hydrogen-bond acceptors (Lipinski definition) is 0. The first-order valence-electron chi connectivity index (χ1n) is 11.3. The van der Waals surface area contributed by atoms with Crippen LogP contribution in [0.2, 0.25) is 0 Å². The van der Waals surface area contributed by atoms with Gasteiger partial charge in [-0.2, -0.15) is 13.2 Å². The summed E-state index contributed by atoms with van der Waals surface area (Å²) in [6, 6.07) is 1.92. The van der Waals surface area contributed by atoms with Gasteiger partial charge in [0.15, 0.2) is 0 Å². The van der Waals surface area contributed by atoms with Gasteiger partial charge in [-0.05, 0) is 105 Å². The topological polar surface area (TPSA) is 0 Å². The lowest BCUT2D eigenvalue weighted by Crippen LogP contribution is -2.29. The van der Waals surface area contributed by atoms with Crippen molar-refractivity contribution in [3.8, 4) is 11.1 Å². The summed E-state index contributed by atoms with van der Waals surface area (Å²) in [5, 5.41) is 0. The minimum Gasteiger partial charge on any atom is -0.206 e. The van der Waals surface area contributed by atoms with Crippen LogP contribution in [-0.4, -0.2) is 0 Å². The Balaban J connectivity index is 1.66. The van der Waals surface area contributed by atoms with Crippen molar-refractivity contribution in [2.45, 2.75) is 64.0 Å². The highest BCUT2D eigenvalue weighted by atomic mass is 19.4. The van der Waals surface area contributed by atoms with Gasteiger partial charge in [-0.25, -0.2) is 17.6 Å². The molecular formula is C26H25F7. The molecular weight excluding hydrogens is 445 g/mol. The maximum Gasteiger partial charge on any atom is 0.422 e. The molecule has 2 aromatic carbocycles. The molecule has 0 saturated heterocycles. The second kappa shape index (κ2) is 9.15. The predicted octanol–water partition coefficient (Wildman–Crippen LogP) is 8.73. The zero-order chi connectivity index (χ0) is 23.9. The lowest BCUT2D eigenvalue weighted by atomic mass is 9.64. The lowest BCUT2D eigenvalue weighted by Gasteiger charge is -2.41. The Labute approximate surface area is 188 Å². The normalized spacial score (nSPS) is 23.0. The number of halogens is 7.